The quantitative estimate of drug-likeness (QED) is 0.877. The lowest BCUT2D eigenvalue weighted by atomic mass is 10.1. The molecule has 2 aromatic rings. The van der Waals surface area contributed by atoms with Crippen molar-refractivity contribution in [1.82, 2.24) is 5.16 Å². The molecule has 25 heavy (non-hydrogen) atoms. The smallest absolute Gasteiger partial charge is 0.267 e. The summed E-state index contributed by atoms with van der Waals surface area (Å²) in [6.07, 6.45) is 2.40. The maximum Gasteiger partial charge on any atom is 0.267 e. The van der Waals surface area contributed by atoms with Crippen LogP contribution >= 0.6 is 0 Å². The average molecular weight is 365 g/mol. The predicted molar refractivity (Wildman–Crippen MR) is 95.5 cm³/mol. The van der Waals surface area contributed by atoms with Gasteiger partial charge in [0.15, 0.2) is 10.7 Å². The number of rotatable bonds is 5. The van der Waals surface area contributed by atoms with Crippen LogP contribution in [0.15, 0.2) is 33.7 Å². The molecular weight excluding hydrogens is 342 g/mol. The topological polar surface area (TPSA) is 84.7 Å². The van der Waals surface area contributed by atoms with Crippen LogP contribution in [-0.4, -0.2) is 39.9 Å². The summed E-state index contributed by atoms with van der Waals surface area (Å²) in [5.41, 5.74) is 1.91. The maximum atomic E-state index is 12.5. The van der Waals surface area contributed by atoms with Crippen LogP contribution in [-0.2, 0) is 14.8 Å². The van der Waals surface area contributed by atoms with Crippen LogP contribution in [0, 0.1) is 13.8 Å². The average Bonchev–Trinajstić information content (AvgIpc) is 2.94. The Morgan fingerprint density at radius 2 is 2.00 bits per heavy atom. The summed E-state index contributed by atoms with van der Waals surface area (Å²) in [6, 6.07) is 7.37. The van der Waals surface area contributed by atoms with E-state index < -0.39 is 10.0 Å². The van der Waals surface area contributed by atoms with Gasteiger partial charge in [0, 0.05) is 31.6 Å². The Hall–Kier alpha value is -2.06. The molecule has 2 heterocycles. The number of anilines is 2. The van der Waals surface area contributed by atoms with E-state index >= 15 is 0 Å². The SMILES string of the molecule is COC1CCCN(c2ccc(NS(=O)(=O)c3c(C)noc3C)cc2)C1. The number of hydrogen-bond donors (Lipinski definition) is 1. The van der Waals surface area contributed by atoms with Crippen molar-refractivity contribution in [2.24, 2.45) is 0 Å². The fraction of sp³-hybridized carbons (Fsp3) is 0.471. The van der Waals surface area contributed by atoms with Gasteiger partial charge in [-0.3, -0.25) is 4.72 Å². The molecule has 1 N–H and O–H groups in total. The van der Waals surface area contributed by atoms with Crippen molar-refractivity contribution in [3.63, 3.8) is 0 Å². The zero-order chi connectivity index (χ0) is 18.0. The molecule has 1 aliphatic rings. The minimum atomic E-state index is -3.72. The molecule has 7 nitrogen and oxygen atoms in total. The van der Waals surface area contributed by atoms with Crippen LogP contribution in [0.2, 0.25) is 0 Å². The number of benzene rings is 1. The number of nitrogens with one attached hydrogen (secondary N) is 1. The molecule has 0 spiro atoms. The van der Waals surface area contributed by atoms with E-state index in [9.17, 15) is 8.42 Å². The zero-order valence-corrected chi connectivity index (χ0v) is 15.5. The lowest BCUT2D eigenvalue weighted by molar-refractivity contribution is 0.0893. The molecule has 1 fully saturated rings. The molecule has 0 aliphatic carbocycles. The summed E-state index contributed by atoms with van der Waals surface area (Å²) in [5.74, 6) is 0.278. The first-order valence-corrected chi connectivity index (χ1v) is 9.72. The third-order valence-electron chi connectivity index (χ3n) is 4.43. The number of nitrogens with zero attached hydrogens (tertiary/aromatic N) is 2. The Bertz CT molecular complexity index is 811. The first-order chi connectivity index (χ1) is 11.9. The van der Waals surface area contributed by atoms with Crippen LogP contribution in [0.3, 0.4) is 0 Å². The summed E-state index contributed by atoms with van der Waals surface area (Å²) in [4.78, 5) is 2.35. The second-order valence-electron chi connectivity index (χ2n) is 6.25. The van der Waals surface area contributed by atoms with Crippen LogP contribution in [0.25, 0.3) is 0 Å². The van der Waals surface area contributed by atoms with Gasteiger partial charge in [0.05, 0.1) is 6.10 Å². The van der Waals surface area contributed by atoms with Gasteiger partial charge >= 0.3 is 0 Å². The fourth-order valence-electron chi connectivity index (χ4n) is 3.17. The third-order valence-corrected chi connectivity index (χ3v) is 6.06. The number of methoxy groups -OCH3 is 1. The normalized spacial score (nSPS) is 18.4. The number of piperidine rings is 1. The number of sulfonamides is 1. The van der Waals surface area contributed by atoms with Gasteiger partial charge in [-0.1, -0.05) is 5.16 Å². The first kappa shape index (κ1) is 17.8. The zero-order valence-electron chi connectivity index (χ0n) is 14.7. The Morgan fingerprint density at radius 3 is 2.60 bits per heavy atom. The van der Waals surface area contributed by atoms with Gasteiger partial charge in [0.1, 0.15) is 5.69 Å². The molecule has 1 saturated heterocycles. The Kier molecular flexibility index (Phi) is 5.01. The molecule has 1 aliphatic heterocycles. The highest BCUT2D eigenvalue weighted by atomic mass is 32.2. The second kappa shape index (κ2) is 7.05. The Balaban J connectivity index is 1.75. The van der Waals surface area contributed by atoms with E-state index in [1.807, 2.05) is 12.1 Å². The molecule has 0 bridgehead atoms. The number of hydrogen-bond acceptors (Lipinski definition) is 6. The molecule has 136 valence electrons. The first-order valence-electron chi connectivity index (χ1n) is 8.24. The molecule has 0 saturated carbocycles. The van der Waals surface area contributed by atoms with Crippen molar-refractivity contribution in [2.45, 2.75) is 37.7 Å². The van der Waals surface area contributed by atoms with E-state index in [-0.39, 0.29) is 16.8 Å². The monoisotopic (exact) mass is 365 g/mol. The highest BCUT2D eigenvalue weighted by molar-refractivity contribution is 7.92. The lowest BCUT2D eigenvalue weighted by Crippen LogP contribution is -2.39. The van der Waals surface area contributed by atoms with E-state index in [1.165, 1.54) is 0 Å². The van der Waals surface area contributed by atoms with Crippen molar-refractivity contribution in [3.05, 3.63) is 35.7 Å². The predicted octanol–water partition coefficient (Wildman–Crippen LogP) is 2.71. The van der Waals surface area contributed by atoms with E-state index in [0.717, 1.165) is 31.6 Å². The molecule has 1 aromatic carbocycles. The summed E-state index contributed by atoms with van der Waals surface area (Å²) in [5, 5.41) is 3.70. The van der Waals surface area contributed by atoms with Gasteiger partial charge < -0.3 is 14.2 Å². The number of ether oxygens (including phenoxy) is 1. The minimum absolute atomic E-state index is 0.0931. The van der Waals surface area contributed by atoms with Gasteiger partial charge in [-0.2, -0.15) is 0 Å². The van der Waals surface area contributed by atoms with Gasteiger partial charge in [-0.25, -0.2) is 8.42 Å². The minimum Gasteiger partial charge on any atom is -0.380 e. The van der Waals surface area contributed by atoms with Crippen molar-refractivity contribution < 1.29 is 17.7 Å². The van der Waals surface area contributed by atoms with Crippen molar-refractivity contribution >= 4 is 21.4 Å². The van der Waals surface area contributed by atoms with E-state index in [4.69, 9.17) is 9.26 Å². The van der Waals surface area contributed by atoms with Crippen LogP contribution in [0.4, 0.5) is 11.4 Å². The molecule has 3 rings (SSSR count). The van der Waals surface area contributed by atoms with E-state index in [1.54, 1.807) is 33.1 Å². The van der Waals surface area contributed by atoms with Crippen LogP contribution in [0.5, 0.6) is 0 Å². The van der Waals surface area contributed by atoms with Crippen molar-refractivity contribution in [1.29, 1.82) is 0 Å². The van der Waals surface area contributed by atoms with Crippen molar-refractivity contribution in [3.8, 4) is 0 Å². The highest BCUT2D eigenvalue weighted by Gasteiger charge is 2.24. The van der Waals surface area contributed by atoms with E-state index in [2.05, 4.69) is 14.8 Å². The third kappa shape index (κ3) is 3.80. The second-order valence-corrected chi connectivity index (χ2v) is 7.87. The van der Waals surface area contributed by atoms with Gasteiger partial charge in [0.2, 0.25) is 0 Å². The summed E-state index contributed by atoms with van der Waals surface area (Å²) in [6.45, 7) is 5.02. The van der Waals surface area contributed by atoms with Gasteiger partial charge in [-0.05, 0) is 51.0 Å². The molecule has 0 radical (unpaired) electrons. The molecule has 8 heteroatoms. The number of aromatic nitrogens is 1. The molecule has 0 amide bonds. The largest absolute Gasteiger partial charge is 0.380 e. The Morgan fingerprint density at radius 1 is 1.28 bits per heavy atom. The molecule has 1 aromatic heterocycles. The summed E-state index contributed by atoms with van der Waals surface area (Å²) < 4.78 is 38.0. The molecule has 1 unspecified atom stereocenters. The molecule has 1 atom stereocenters. The fourth-order valence-corrected chi connectivity index (χ4v) is 4.56. The van der Waals surface area contributed by atoms with Crippen LogP contribution in [0.1, 0.15) is 24.3 Å². The van der Waals surface area contributed by atoms with Gasteiger partial charge in [-0.15, -0.1) is 0 Å². The standard InChI is InChI=1S/C17H23N3O4S/c1-12-17(13(2)24-18-12)25(21,22)19-14-6-8-15(9-7-14)20-10-4-5-16(11-20)23-3/h6-9,16,19H,4-5,10-11H2,1-3H3. The molecular formula is C17H23N3O4S. The van der Waals surface area contributed by atoms with Crippen LogP contribution < -0.4 is 9.62 Å². The highest BCUT2D eigenvalue weighted by Crippen LogP contribution is 2.26. The maximum absolute atomic E-state index is 12.5. The Labute approximate surface area is 148 Å². The lowest BCUT2D eigenvalue weighted by Gasteiger charge is -2.33. The van der Waals surface area contributed by atoms with Gasteiger partial charge in [0.25, 0.3) is 10.0 Å². The number of aryl methyl sites for hydroxylation is 2. The summed E-state index contributed by atoms with van der Waals surface area (Å²) >= 11 is 0. The summed E-state index contributed by atoms with van der Waals surface area (Å²) in [7, 11) is -1.98. The van der Waals surface area contributed by atoms with Crippen molar-refractivity contribution in [2.75, 3.05) is 29.8 Å². The van der Waals surface area contributed by atoms with E-state index in [0.29, 0.717) is 11.4 Å².